The first-order chi connectivity index (χ1) is 16.7. The molecule has 0 saturated carbocycles. The third-order valence-corrected chi connectivity index (χ3v) is 7.21. The number of nitrogens with zero attached hydrogens (tertiary/aromatic N) is 1. The Morgan fingerprint density at radius 1 is 1.03 bits per heavy atom. The number of hydrogen-bond acceptors (Lipinski definition) is 4. The fourth-order valence-corrected chi connectivity index (χ4v) is 5.30. The van der Waals surface area contributed by atoms with Gasteiger partial charge in [-0.3, -0.25) is 9.59 Å². The Morgan fingerprint density at radius 3 is 2.20 bits per heavy atom. The van der Waals surface area contributed by atoms with Gasteiger partial charge in [0.15, 0.2) is 0 Å². The largest absolute Gasteiger partial charge is 0.481 e. The number of fused-ring (bicyclic) bond motifs is 3. The molecule has 2 aromatic rings. The molecule has 1 aliphatic carbocycles. The molecule has 4 rings (SSSR count). The van der Waals surface area contributed by atoms with Crippen LogP contribution in [0.5, 0.6) is 0 Å². The van der Waals surface area contributed by atoms with Crippen LogP contribution < -0.4 is 5.32 Å². The molecule has 2 aliphatic rings. The lowest BCUT2D eigenvalue weighted by Crippen LogP contribution is -2.49. The number of nitrogens with one attached hydrogen (secondary N) is 1. The van der Waals surface area contributed by atoms with Crippen LogP contribution in [0.4, 0.5) is 4.79 Å². The topological polar surface area (TPSA) is 95.9 Å². The maximum Gasteiger partial charge on any atom is 0.407 e. The van der Waals surface area contributed by atoms with Crippen molar-refractivity contribution in [1.29, 1.82) is 0 Å². The van der Waals surface area contributed by atoms with Crippen LogP contribution in [-0.4, -0.2) is 53.7 Å². The number of carbonyl (C=O) groups is 3. The lowest BCUT2D eigenvalue weighted by Gasteiger charge is -2.36. The van der Waals surface area contributed by atoms with Gasteiger partial charge in [-0.05, 0) is 40.5 Å². The smallest absolute Gasteiger partial charge is 0.407 e. The van der Waals surface area contributed by atoms with Crippen molar-refractivity contribution in [3.63, 3.8) is 0 Å². The number of hydrogen-bond donors (Lipinski definition) is 2. The molecule has 7 nitrogen and oxygen atoms in total. The maximum absolute atomic E-state index is 13.0. The number of carbonyl (C=O) groups excluding carboxylic acids is 2. The number of rotatable bonds is 7. The fraction of sp³-hybridized carbons (Fsp3) is 0.464. The average molecular weight is 479 g/mol. The standard InChI is InChI=1S/C28H34N2O5/c1-17(2)25(13-26(31)30-14-18(3)12-19(15-30)27(32)33)29-28(34)35-16-24-22-10-6-4-8-20(22)21-9-5-7-11-23(21)24/h4-11,17-19,24-25H,12-16H2,1-3H3,(H,29,34)(H,32,33). The summed E-state index contributed by atoms with van der Waals surface area (Å²) in [6.07, 6.45) is 0.139. The van der Waals surface area contributed by atoms with Gasteiger partial charge in [0.2, 0.25) is 5.91 Å². The molecule has 2 N–H and O–H groups in total. The van der Waals surface area contributed by atoms with Gasteiger partial charge in [-0.15, -0.1) is 0 Å². The maximum atomic E-state index is 13.0. The fourth-order valence-electron chi connectivity index (χ4n) is 5.30. The monoisotopic (exact) mass is 478 g/mol. The van der Waals surface area contributed by atoms with E-state index < -0.39 is 24.0 Å². The SMILES string of the molecule is CC1CC(C(=O)O)CN(C(=O)CC(NC(=O)OCC2c3ccccc3-c3ccccc32)C(C)C)C1. The van der Waals surface area contributed by atoms with Gasteiger partial charge < -0.3 is 20.1 Å². The number of likely N-dealkylation sites (tertiary alicyclic amines) is 1. The van der Waals surface area contributed by atoms with E-state index >= 15 is 0 Å². The van der Waals surface area contributed by atoms with Gasteiger partial charge in [-0.25, -0.2) is 4.79 Å². The van der Waals surface area contributed by atoms with E-state index in [1.807, 2.05) is 45.0 Å². The molecule has 1 fully saturated rings. The van der Waals surface area contributed by atoms with Gasteiger partial charge in [0.05, 0.1) is 5.92 Å². The zero-order valence-corrected chi connectivity index (χ0v) is 20.6. The molecule has 1 saturated heterocycles. The first kappa shape index (κ1) is 24.8. The molecule has 3 atom stereocenters. The second-order valence-corrected chi connectivity index (χ2v) is 10.2. The van der Waals surface area contributed by atoms with E-state index in [0.29, 0.717) is 13.0 Å². The molecule has 3 unspecified atom stereocenters. The number of aliphatic carboxylic acids is 1. The summed E-state index contributed by atoms with van der Waals surface area (Å²) in [5.41, 5.74) is 4.62. The van der Waals surface area contributed by atoms with Crippen molar-refractivity contribution in [1.82, 2.24) is 10.2 Å². The highest BCUT2D eigenvalue weighted by molar-refractivity contribution is 5.80. The van der Waals surface area contributed by atoms with Gasteiger partial charge in [-0.1, -0.05) is 69.3 Å². The number of carboxylic acids is 1. The molecule has 2 aromatic carbocycles. The first-order valence-electron chi connectivity index (χ1n) is 12.4. The van der Waals surface area contributed by atoms with Crippen LogP contribution in [-0.2, 0) is 14.3 Å². The van der Waals surface area contributed by atoms with E-state index in [2.05, 4.69) is 29.6 Å². The van der Waals surface area contributed by atoms with Crippen LogP contribution in [0.1, 0.15) is 50.7 Å². The van der Waals surface area contributed by atoms with Crippen LogP contribution in [0, 0.1) is 17.8 Å². The number of benzene rings is 2. The zero-order chi connectivity index (χ0) is 25.1. The first-order valence-corrected chi connectivity index (χ1v) is 12.4. The highest BCUT2D eigenvalue weighted by Crippen LogP contribution is 2.44. The third-order valence-electron chi connectivity index (χ3n) is 7.21. The van der Waals surface area contributed by atoms with E-state index in [9.17, 15) is 19.5 Å². The minimum Gasteiger partial charge on any atom is -0.481 e. The Morgan fingerprint density at radius 2 is 1.63 bits per heavy atom. The molecule has 2 amide bonds. The van der Waals surface area contributed by atoms with Gasteiger partial charge in [0.1, 0.15) is 6.61 Å². The van der Waals surface area contributed by atoms with Crippen molar-refractivity contribution >= 4 is 18.0 Å². The van der Waals surface area contributed by atoms with Crippen molar-refractivity contribution in [3.05, 3.63) is 59.7 Å². The van der Waals surface area contributed by atoms with Crippen LogP contribution in [0.2, 0.25) is 0 Å². The summed E-state index contributed by atoms with van der Waals surface area (Å²) < 4.78 is 5.66. The Labute approximate surface area is 206 Å². The summed E-state index contributed by atoms with van der Waals surface area (Å²) in [5.74, 6) is -1.45. The van der Waals surface area contributed by atoms with Crippen molar-refractivity contribution in [3.8, 4) is 11.1 Å². The number of carboxylic acid groups (broad SMARTS) is 1. The van der Waals surface area contributed by atoms with Crippen LogP contribution in [0.15, 0.2) is 48.5 Å². The van der Waals surface area contributed by atoms with E-state index in [1.54, 1.807) is 4.90 Å². The van der Waals surface area contributed by atoms with Crippen molar-refractivity contribution in [2.45, 2.75) is 45.6 Å². The number of alkyl carbamates (subject to hydrolysis) is 1. The average Bonchev–Trinajstić information content (AvgIpc) is 3.15. The van der Waals surface area contributed by atoms with Crippen LogP contribution >= 0.6 is 0 Å². The number of ether oxygens (including phenoxy) is 1. The Bertz CT molecular complexity index is 1050. The van der Waals surface area contributed by atoms with E-state index in [1.165, 1.54) is 0 Å². The van der Waals surface area contributed by atoms with Crippen molar-refractivity contribution < 1.29 is 24.2 Å². The van der Waals surface area contributed by atoms with E-state index in [4.69, 9.17) is 4.74 Å². The molecule has 1 aliphatic heterocycles. The molecule has 186 valence electrons. The van der Waals surface area contributed by atoms with Crippen molar-refractivity contribution in [2.24, 2.45) is 17.8 Å². The molecule has 0 bridgehead atoms. The lowest BCUT2D eigenvalue weighted by molar-refractivity contribution is -0.147. The molecule has 1 heterocycles. The predicted octanol–water partition coefficient (Wildman–Crippen LogP) is 4.51. The predicted molar refractivity (Wildman–Crippen MR) is 133 cm³/mol. The summed E-state index contributed by atoms with van der Waals surface area (Å²) in [6.45, 7) is 6.82. The normalized spacial score (nSPS) is 20.2. The summed E-state index contributed by atoms with van der Waals surface area (Å²) in [4.78, 5) is 38.8. The molecule has 35 heavy (non-hydrogen) atoms. The van der Waals surface area contributed by atoms with Crippen LogP contribution in [0.3, 0.4) is 0 Å². The molecular formula is C28H34N2O5. The van der Waals surface area contributed by atoms with Crippen LogP contribution in [0.25, 0.3) is 11.1 Å². The Balaban J connectivity index is 1.37. The molecule has 7 heteroatoms. The van der Waals surface area contributed by atoms with E-state index in [-0.39, 0.29) is 43.2 Å². The highest BCUT2D eigenvalue weighted by Gasteiger charge is 2.34. The molecule has 0 radical (unpaired) electrons. The Hall–Kier alpha value is -3.35. The highest BCUT2D eigenvalue weighted by atomic mass is 16.5. The summed E-state index contributed by atoms with van der Waals surface area (Å²) >= 11 is 0. The zero-order valence-electron chi connectivity index (χ0n) is 20.6. The second kappa shape index (κ2) is 10.5. The van der Waals surface area contributed by atoms with Gasteiger partial charge in [0.25, 0.3) is 0 Å². The summed E-state index contributed by atoms with van der Waals surface area (Å²) in [7, 11) is 0. The summed E-state index contributed by atoms with van der Waals surface area (Å²) in [6, 6.07) is 15.9. The van der Waals surface area contributed by atoms with E-state index in [0.717, 1.165) is 22.3 Å². The lowest BCUT2D eigenvalue weighted by atomic mass is 9.90. The molecule has 0 aromatic heterocycles. The second-order valence-electron chi connectivity index (χ2n) is 10.2. The summed E-state index contributed by atoms with van der Waals surface area (Å²) in [5, 5.41) is 12.3. The minimum atomic E-state index is -0.869. The quantitative estimate of drug-likeness (QED) is 0.611. The van der Waals surface area contributed by atoms with Gasteiger partial charge >= 0.3 is 12.1 Å². The van der Waals surface area contributed by atoms with Gasteiger partial charge in [-0.2, -0.15) is 0 Å². The Kier molecular flexibility index (Phi) is 7.43. The molecular weight excluding hydrogens is 444 g/mol. The molecule has 0 spiro atoms. The minimum absolute atomic E-state index is 0.0110. The van der Waals surface area contributed by atoms with Gasteiger partial charge in [0, 0.05) is 31.5 Å². The third kappa shape index (κ3) is 5.50. The number of amides is 2. The number of piperidine rings is 1. The van der Waals surface area contributed by atoms with Crippen molar-refractivity contribution in [2.75, 3.05) is 19.7 Å².